The van der Waals surface area contributed by atoms with Gasteiger partial charge in [0, 0.05) is 6.42 Å². The zero-order chi connectivity index (χ0) is 42.5. The minimum Gasteiger partial charge on any atom is -0.394 e. The Morgan fingerprint density at radius 3 is 1.59 bits per heavy atom. The maximum Gasteiger partial charge on any atom is 0.220 e. The van der Waals surface area contributed by atoms with Gasteiger partial charge in [-0.15, -0.1) is 0 Å². The average Bonchev–Trinajstić information content (AvgIpc) is 3.22. The monoisotopic (exact) mass is 834 g/mol. The van der Waals surface area contributed by atoms with Crippen LogP contribution in [0.4, 0.5) is 0 Å². The summed E-state index contributed by atoms with van der Waals surface area (Å²) < 4.78 is 22.6. The van der Waals surface area contributed by atoms with E-state index in [9.17, 15) is 45.6 Å². The molecule has 0 radical (unpaired) electrons. The second-order valence-electron chi connectivity index (χ2n) is 16.5. The Morgan fingerprint density at radius 1 is 0.603 bits per heavy atom. The molecule has 0 spiro atoms. The summed E-state index contributed by atoms with van der Waals surface area (Å²) in [5, 5.41) is 86.4. The number of nitrogens with one attached hydrogen (secondary N) is 1. The molecule has 2 fully saturated rings. The fourth-order valence-corrected chi connectivity index (χ4v) is 7.64. The van der Waals surface area contributed by atoms with Gasteiger partial charge in [-0.1, -0.05) is 154 Å². The topological polar surface area (TPSA) is 228 Å². The largest absolute Gasteiger partial charge is 0.394 e. The van der Waals surface area contributed by atoms with Crippen molar-refractivity contribution in [3.8, 4) is 0 Å². The molecule has 0 aromatic carbocycles. The van der Waals surface area contributed by atoms with Crippen molar-refractivity contribution >= 4 is 5.91 Å². The van der Waals surface area contributed by atoms with Crippen LogP contribution in [0.25, 0.3) is 0 Å². The molecular weight excluding hydrogens is 750 g/mol. The highest BCUT2D eigenvalue weighted by atomic mass is 16.7. The zero-order valence-electron chi connectivity index (χ0n) is 35.8. The van der Waals surface area contributed by atoms with E-state index in [0.29, 0.717) is 6.42 Å². The Morgan fingerprint density at radius 2 is 1.07 bits per heavy atom. The molecule has 342 valence electrons. The number of carbonyl (C=O) groups excluding carboxylic acids is 1. The highest BCUT2D eigenvalue weighted by Gasteiger charge is 2.50. The quantitative estimate of drug-likeness (QED) is 0.0324. The average molecular weight is 834 g/mol. The molecule has 2 rings (SSSR count). The Balaban J connectivity index is 1.91. The summed E-state index contributed by atoms with van der Waals surface area (Å²) in [7, 11) is 0. The van der Waals surface area contributed by atoms with Crippen LogP contribution < -0.4 is 5.32 Å². The summed E-state index contributed by atoms with van der Waals surface area (Å²) in [6, 6.07) is -0.905. The number of rotatable bonds is 34. The van der Waals surface area contributed by atoms with Gasteiger partial charge in [0.15, 0.2) is 12.6 Å². The molecule has 1 amide bonds. The number of hydrogen-bond donors (Lipinski definition) is 9. The Hall–Kier alpha value is -1.27. The van der Waals surface area contributed by atoms with Crippen molar-refractivity contribution in [3.05, 3.63) is 12.2 Å². The van der Waals surface area contributed by atoms with Crippen molar-refractivity contribution in [1.82, 2.24) is 5.32 Å². The third-order valence-electron chi connectivity index (χ3n) is 11.5. The molecule has 14 nitrogen and oxygen atoms in total. The molecule has 2 aliphatic rings. The van der Waals surface area contributed by atoms with Crippen LogP contribution in [0.2, 0.25) is 0 Å². The van der Waals surface area contributed by atoms with Crippen molar-refractivity contribution in [3.63, 3.8) is 0 Å². The van der Waals surface area contributed by atoms with E-state index in [4.69, 9.17) is 18.9 Å². The van der Waals surface area contributed by atoms with Crippen LogP contribution in [0.15, 0.2) is 12.2 Å². The van der Waals surface area contributed by atoms with Crippen LogP contribution in [0, 0.1) is 0 Å². The number of aliphatic hydroxyl groups excluding tert-OH is 8. The molecule has 0 aromatic heterocycles. The number of hydrogen-bond acceptors (Lipinski definition) is 13. The standard InChI is InChI=1S/C44H83NO13/c1-3-5-7-9-11-13-15-16-18-19-21-23-25-27-33(48)32(45-36(49)28-26-24-22-20-17-14-12-10-8-6-4-2)31-55-43-41(54)39(52)42(35(30-47)57-43)58-44-40(53)38(51)37(50)34(29-46)56-44/h25,27,32-35,37-44,46-48,50-54H,3-24,26,28-31H2,1-2H3,(H,45,49)/b27-25+. The number of aliphatic hydroxyl groups is 8. The highest BCUT2D eigenvalue weighted by Crippen LogP contribution is 2.30. The summed E-state index contributed by atoms with van der Waals surface area (Å²) in [6.07, 6.45) is 14.0. The van der Waals surface area contributed by atoms with Crippen LogP contribution in [0.5, 0.6) is 0 Å². The Kier molecular flexibility index (Phi) is 29.6. The van der Waals surface area contributed by atoms with E-state index in [0.717, 1.165) is 38.5 Å². The molecule has 58 heavy (non-hydrogen) atoms. The second-order valence-corrected chi connectivity index (χ2v) is 16.5. The minimum absolute atomic E-state index is 0.242. The lowest BCUT2D eigenvalue weighted by Gasteiger charge is -2.46. The summed E-state index contributed by atoms with van der Waals surface area (Å²) in [5.41, 5.74) is 0. The van der Waals surface area contributed by atoms with Crippen LogP contribution in [0.3, 0.4) is 0 Å². The summed E-state index contributed by atoms with van der Waals surface area (Å²) in [5.74, 6) is -0.242. The molecule has 0 bridgehead atoms. The van der Waals surface area contributed by atoms with Gasteiger partial charge < -0.3 is 65.1 Å². The van der Waals surface area contributed by atoms with Crippen LogP contribution in [0.1, 0.15) is 168 Å². The molecule has 14 heteroatoms. The van der Waals surface area contributed by atoms with Crippen molar-refractivity contribution in [2.24, 2.45) is 0 Å². The Bertz CT molecular complexity index is 1040. The third-order valence-corrected chi connectivity index (χ3v) is 11.5. The highest BCUT2D eigenvalue weighted by molar-refractivity contribution is 5.76. The Labute approximate surface area is 348 Å². The molecule has 2 saturated heterocycles. The van der Waals surface area contributed by atoms with E-state index in [-0.39, 0.29) is 18.9 Å². The maximum absolute atomic E-state index is 13.1. The molecule has 9 N–H and O–H groups in total. The number of amides is 1. The lowest BCUT2D eigenvalue weighted by Crippen LogP contribution is -2.65. The van der Waals surface area contributed by atoms with Gasteiger partial charge in [0.05, 0.1) is 32.0 Å². The van der Waals surface area contributed by atoms with Gasteiger partial charge in [0.25, 0.3) is 0 Å². The summed E-state index contributed by atoms with van der Waals surface area (Å²) in [4.78, 5) is 13.1. The van der Waals surface area contributed by atoms with Gasteiger partial charge in [-0.25, -0.2) is 0 Å². The first-order valence-electron chi connectivity index (χ1n) is 22.9. The smallest absolute Gasteiger partial charge is 0.220 e. The van der Waals surface area contributed by atoms with Crippen LogP contribution in [-0.2, 0) is 23.7 Å². The van der Waals surface area contributed by atoms with E-state index in [2.05, 4.69) is 19.2 Å². The predicted octanol–water partition coefficient (Wildman–Crippen LogP) is 4.43. The normalized spacial score (nSPS) is 28.9. The molecular formula is C44H83NO13. The summed E-state index contributed by atoms with van der Waals surface area (Å²) >= 11 is 0. The molecule has 0 aliphatic carbocycles. The lowest BCUT2D eigenvalue weighted by molar-refractivity contribution is -0.359. The number of carbonyl (C=O) groups is 1. The maximum atomic E-state index is 13.1. The van der Waals surface area contributed by atoms with Gasteiger partial charge in [-0.3, -0.25) is 4.79 Å². The molecule has 12 atom stereocenters. The van der Waals surface area contributed by atoms with Crippen molar-refractivity contribution in [2.45, 2.75) is 242 Å². The first-order chi connectivity index (χ1) is 28.1. The molecule has 0 aromatic rings. The van der Waals surface area contributed by atoms with E-state index in [1.54, 1.807) is 6.08 Å². The van der Waals surface area contributed by atoms with Crippen LogP contribution >= 0.6 is 0 Å². The second kappa shape index (κ2) is 32.4. The molecule has 12 unspecified atom stereocenters. The molecule has 2 aliphatic heterocycles. The third kappa shape index (κ3) is 20.5. The lowest BCUT2D eigenvalue weighted by atomic mass is 9.97. The number of allylic oxidation sites excluding steroid dienone is 1. The fourth-order valence-electron chi connectivity index (χ4n) is 7.64. The van der Waals surface area contributed by atoms with Gasteiger partial charge in [-0.2, -0.15) is 0 Å². The first kappa shape index (κ1) is 52.9. The zero-order valence-corrected chi connectivity index (χ0v) is 35.8. The number of ether oxygens (including phenoxy) is 4. The van der Waals surface area contributed by atoms with Gasteiger partial charge >= 0.3 is 0 Å². The van der Waals surface area contributed by atoms with Gasteiger partial charge in [-0.05, 0) is 19.3 Å². The van der Waals surface area contributed by atoms with Gasteiger partial charge in [0.1, 0.15) is 48.8 Å². The SMILES string of the molecule is CCCCCCCCCCCCC/C=C/C(O)C(COC1OC(CO)C(OC2OC(CO)C(O)C(O)C2O)C(O)C1O)NC(=O)CCCCCCCCCCCCC. The van der Waals surface area contributed by atoms with E-state index < -0.39 is 86.8 Å². The van der Waals surface area contributed by atoms with Gasteiger partial charge in [0.2, 0.25) is 5.91 Å². The van der Waals surface area contributed by atoms with E-state index in [1.165, 1.54) is 103 Å². The minimum atomic E-state index is -1.78. The fraction of sp³-hybridized carbons (Fsp3) is 0.932. The first-order valence-corrected chi connectivity index (χ1v) is 22.9. The van der Waals surface area contributed by atoms with Crippen molar-refractivity contribution in [2.75, 3.05) is 19.8 Å². The molecule has 0 saturated carbocycles. The van der Waals surface area contributed by atoms with E-state index in [1.807, 2.05) is 6.08 Å². The van der Waals surface area contributed by atoms with Crippen LogP contribution in [-0.4, -0.2) is 140 Å². The van der Waals surface area contributed by atoms with E-state index >= 15 is 0 Å². The van der Waals surface area contributed by atoms with Crippen molar-refractivity contribution < 1.29 is 64.6 Å². The molecule has 2 heterocycles. The summed E-state index contributed by atoms with van der Waals surface area (Å²) in [6.45, 7) is 2.75. The van der Waals surface area contributed by atoms with Crippen molar-refractivity contribution in [1.29, 1.82) is 0 Å². The number of unbranched alkanes of at least 4 members (excludes halogenated alkanes) is 21. The predicted molar refractivity (Wildman–Crippen MR) is 222 cm³/mol.